The minimum Gasteiger partial charge on any atom is -0.320 e. The van der Waals surface area contributed by atoms with E-state index in [4.69, 9.17) is 0 Å². The van der Waals surface area contributed by atoms with Crippen molar-refractivity contribution in [3.05, 3.63) is 53.3 Å². The van der Waals surface area contributed by atoms with E-state index < -0.39 is 0 Å². The largest absolute Gasteiger partial charge is 0.320 e. The Labute approximate surface area is 120 Å². The fourth-order valence-corrected chi connectivity index (χ4v) is 2.97. The van der Waals surface area contributed by atoms with Crippen LogP contribution >= 0.6 is 0 Å². The SMILES string of the molecule is CCCCc1ccc(-n2ccc3c2CCCC3=O)cc1. The highest BCUT2D eigenvalue weighted by atomic mass is 16.1. The number of carbonyl (C=O) groups excluding carboxylic acids is 1. The first kappa shape index (κ1) is 13.2. The average Bonchev–Trinajstić information content (AvgIpc) is 2.91. The molecule has 0 fully saturated rings. The summed E-state index contributed by atoms with van der Waals surface area (Å²) in [6.45, 7) is 2.22. The Bertz CT molecular complexity index is 607. The van der Waals surface area contributed by atoms with Gasteiger partial charge in [0.1, 0.15) is 0 Å². The molecule has 1 aliphatic carbocycles. The third kappa shape index (κ3) is 2.43. The summed E-state index contributed by atoms with van der Waals surface area (Å²) in [6, 6.07) is 10.7. The first-order valence-corrected chi connectivity index (χ1v) is 7.62. The molecule has 20 heavy (non-hydrogen) atoms. The number of aryl methyl sites for hydroxylation is 1. The molecule has 2 aromatic rings. The van der Waals surface area contributed by atoms with Crippen molar-refractivity contribution in [3.8, 4) is 5.69 Å². The Morgan fingerprint density at radius 2 is 1.90 bits per heavy atom. The lowest BCUT2D eigenvalue weighted by Gasteiger charge is -2.15. The number of rotatable bonds is 4. The summed E-state index contributed by atoms with van der Waals surface area (Å²) >= 11 is 0. The van der Waals surface area contributed by atoms with Gasteiger partial charge in [0.15, 0.2) is 5.78 Å². The number of aromatic nitrogens is 1. The van der Waals surface area contributed by atoms with Gasteiger partial charge in [0.25, 0.3) is 0 Å². The van der Waals surface area contributed by atoms with Gasteiger partial charge in [-0.15, -0.1) is 0 Å². The van der Waals surface area contributed by atoms with Gasteiger partial charge >= 0.3 is 0 Å². The van der Waals surface area contributed by atoms with Crippen molar-refractivity contribution in [2.24, 2.45) is 0 Å². The molecule has 1 aromatic heterocycles. The van der Waals surface area contributed by atoms with Gasteiger partial charge in [-0.05, 0) is 49.4 Å². The summed E-state index contributed by atoms with van der Waals surface area (Å²) in [4.78, 5) is 11.9. The first-order chi connectivity index (χ1) is 9.79. The topological polar surface area (TPSA) is 22.0 Å². The zero-order valence-electron chi connectivity index (χ0n) is 12.1. The van der Waals surface area contributed by atoms with E-state index >= 15 is 0 Å². The van der Waals surface area contributed by atoms with Gasteiger partial charge in [-0.25, -0.2) is 0 Å². The molecule has 0 radical (unpaired) electrons. The van der Waals surface area contributed by atoms with Gasteiger partial charge in [0, 0.05) is 29.6 Å². The third-order valence-electron chi connectivity index (χ3n) is 4.14. The molecule has 3 rings (SSSR count). The maximum absolute atomic E-state index is 11.9. The molecule has 0 aliphatic heterocycles. The number of Topliss-reactive ketones (excluding diaryl/α,β-unsaturated/α-hetero) is 1. The van der Waals surface area contributed by atoms with Crippen LogP contribution in [-0.4, -0.2) is 10.4 Å². The van der Waals surface area contributed by atoms with Crippen LogP contribution in [0.1, 0.15) is 54.2 Å². The molecule has 2 nitrogen and oxygen atoms in total. The predicted octanol–water partition coefficient (Wildman–Crippen LogP) is 4.34. The Hall–Kier alpha value is -1.83. The number of carbonyl (C=O) groups is 1. The van der Waals surface area contributed by atoms with Crippen molar-refractivity contribution in [2.75, 3.05) is 0 Å². The maximum Gasteiger partial charge on any atom is 0.164 e. The van der Waals surface area contributed by atoms with Crippen molar-refractivity contribution < 1.29 is 4.79 Å². The fraction of sp³-hybridized carbons (Fsp3) is 0.389. The van der Waals surface area contributed by atoms with E-state index in [0.717, 1.165) is 24.8 Å². The number of unbranched alkanes of at least 4 members (excludes halogenated alkanes) is 1. The molecule has 0 unspecified atom stereocenters. The van der Waals surface area contributed by atoms with E-state index in [2.05, 4.69) is 35.8 Å². The normalized spacial score (nSPS) is 14.3. The van der Waals surface area contributed by atoms with Crippen LogP contribution in [0.3, 0.4) is 0 Å². The van der Waals surface area contributed by atoms with E-state index in [0.29, 0.717) is 12.2 Å². The molecule has 0 bridgehead atoms. The molecular formula is C18H21NO. The van der Waals surface area contributed by atoms with Crippen LogP contribution in [0, 0.1) is 0 Å². The van der Waals surface area contributed by atoms with Gasteiger partial charge in [0.05, 0.1) is 0 Å². The fourth-order valence-electron chi connectivity index (χ4n) is 2.97. The molecule has 0 saturated carbocycles. The zero-order chi connectivity index (χ0) is 13.9. The minimum absolute atomic E-state index is 0.296. The quantitative estimate of drug-likeness (QED) is 0.807. The number of hydrogen-bond donors (Lipinski definition) is 0. The van der Waals surface area contributed by atoms with Crippen molar-refractivity contribution >= 4 is 5.78 Å². The molecule has 0 amide bonds. The van der Waals surface area contributed by atoms with Gasteiger partial charge < -0.3 is 4.57 Å². The molecule has 0 spiro atoms. The summed E-state index contributed by atoms with van der Waals surface area (Å²) in [5.41, 5.74) is 4.67. The molecule has 1 aliphatic rings. The Balaban J connectivity index is 1.88. The van der Waals surface area contributed by atoms with E-state index in [1.165, 1.54) is 29.8 Å². The third-order valence-corrected chi connectivity index (χ3v) is 4.14. The minimum atomic E-state index is 0.296. The monoisotopic (exact) mass is 267 g/mol. The predicted molar refractivity (Wildman–Crippen MR) is 81.6 cm³/mol. The second-order valence-corrected chi connectivity index (χ2v) is 5.59. The van der Waals surface area contributed by atoms with Crippen molar-refractivity contribution in [3.63, 3.8) is 0 Å². The number of benzene rings is 1. The van der Waals surface area contributed by atoms with E-state index in [-0.39, 0.29) is 0 Å². The molecular weight excluding hydrogens is 246 g/mol. The summed E-state index contributed by atoms with van der Waals surface area (Å²) < 4.78 is 2.18. The van der Waals surface area contributed by atoms with Crippen LogP contribution in [-0.2, 0) is 12.8 Å². The number of ketones is 1. The summed E-state index contributed by atoms with van der Waals surface area (Å²) in [6.07, 6.45) is 8.35. The van der Waals surface area contributed by atoms with Gasteiger partial charge in [-0.2, -0.15) is 0 Å². The maximum atomic E-state index is 11.9. The van der Waals surface area contributed by atoms with Gasteiger partial charge in [-0.3, -0.25) is 4.79 Å². The van der Waals surface area contributed by atoms with Crippen LogP contribution in [0.15, 0.2) is 36.5 Å². The van der Waals surface area contributed by atoms with Crippen molar-refractivity contribution in [2.45, 2.75) is 45.4 Å². The van der Waals surface area contributed by atoms with Gasteiger partial charge in [-0.1, -0.05) is 25.5 Å². The molecule has 2 heteroatoms. The van der Waals surface area contributed by atoms with E-state index in [1.807, 2.05) is 12.3 Å². The average molecular weight is 267 g/mol. The lowest BCUT2D eigenvalue weighted by atomic mass is 9.96. The second kappa shape index (κ2) is 5.66. The van der Waals surface area contributed by atoms with Crippen LogP contribution in [0.4, 0.5) is 0 Å². The lowest BCUT2D eigenvalue weighted by Crippen LogP contribution is -2.12. The standard InChI is InChI=1S/C18H21NO/c1-2-3-5-14-8-10-15(11-9-14)19-13-12-16-17(19)6-4-7-18(16)20/h8-13H,2-7H2,1H3. The number of hydrogen-bond acceptors (Lipinski definition) is 1. The molecule has 104 valence electrons. The molecule has 1 heterocycles. The molecule has 0 atom stereocenters. The number of nitrogens with zero attached hydrogens (tertiary/aromatic N) is 1. The highest BCUT2D eigenvalue weighted by molar-refractivity contribution is 5.98. The highest BCUT2D eigenvalue weighted by Gasteiger charge is 2.20. The molecule has 0 saturated heterocycles. The smallest absolute Gasteiger partial charge is 0.164 e. The van der Waals surface area contributed by atoms with E-state index in [1.54, 1.807) is 0 Å². The summed E-state index contributed by atoms with van der Waals surface area (Å²) in [5, 5.41) is 0. The zero-order valence-corrected chi connectivity index (χ0v) is 12.1. The lowest BCUT2D eigenvalue weighted by molar-refractivity contribution is 0.0972. The summed E-state index contributed by atoms with van der Waals surface area (Å²) in [5.74, 6) is 0.296. The van der Waals surface area contributed by atoms with Crippen LogP contribution in [0.2, 0.25) is 0 Å². The van der Waals surface area contributed by atoms with Crippen LogP contribution in [0.5, 0.6) is 0 Å². The van der Waals surface area contributed by atoms with Crippen molar-refractivity contribution in [1.29, 1.82) is 0 Å². The number of fused-ring (bicyclic) bond motifs is 1. The van der Waals surface area contributed by atoms with Crippen molar-refractivity contribution in [1.82, 2.24) is 4.57 Å². The van der Waals surface area contributed by atoms with Crippen LogP contribution < -0.4 is 0 Å². The highest BCUT2D eigenvalue weighted by Crippen LogP contribution is 2.25. The molecule has 0 N–H and O–H groups in total. The Morgan fingerprint density at radius 1 is 1.10 bits per heavy atom. The van der Waals surface area contributed by atoms with Gasteiger partial charge in [0.2, 0.25) is 0 Å². The first-order valence-electron chi connectivity index (χ1n) is 7.62. The van der Waals surface area contributed by atoms with E-state index in [9.17, 15) is 4.79 Å². The summed E-state index contributed by atoms with van der Waals surface area (Å²) in [7, 11) is 0. The second-order valence-electron chi connectivity index (χ2n) is 5.59. The molecule has 1 aromatic carbocycles. The van der Waals surface area contributed by atoms with Crippen LogP contribution in [0.25, 0.3) is 5.69 Å². The Kier molecular flexibility index (Phi) is 3.72. The Morgan fingerprint density at radius 3 is 2.65 bits per heavy atom.